The molecule has 0 radical (unpaired) electrons. The van der Waals surface area contributed by atoms with Gasteiger partial charge in [-0.25, -0.2) is 0 Å². The van der Waals surface area contributed by atoms with Crippen LogP contribution in [0.2, 0.25) is 0 Å². The number of nitriles is 1. The van der Waals surface area contributed by atoms with Crippen LogP contribution in [0.1, 0.15) is 35.8 Å². The Morgan fingerprint density at radius 1 is 1.22 bits per heavy atom. The molecule has 2 heterocycles. The summed E-state index contributed by atoms with van der Waals surface area (Å²) in [7, 11) is 0. The van der Waals surface area contributed by atoms with Crippen LogP contribution in [-0.2, 0) is 4.79 Å². The van der Waals surface area contributed by atoms with Crippen molar-refractivity contribution in [2.24, 2.45) is 0 Å². The molecule has 1 saturated carbocycles. The third-order valence-corrected chi connectivity index (χ3v) is 6.48. The van der Waals surface area contributed by atoms with Crippen LogP contribution in [-0.4, -0.2) is 27.9 Å². The summed E-state index contributed by atoms with van der Waals surface area (Å²) < 4.78 is 0.895. The van der Waals surface area contributed by atoms with Gasteiger partial charge < -0.3 is 4.90 Å². The van der Waals surface area contributed by atoms with Crippen molar-refractivity contribution >= 4 is 34.7 Å². The van der Waals surface area contributed by atoms with Crippen molar-refractivity contribution in [3.63, 3.8) is 0 Å². The molecule has 1 unspecified atom stereocenters. The predicted molar refractivity (Wildman–Crippen MR) is 89.7 cm³/mol. The number of benzene rings is 1. The Hall–Kier alpha value is -1.91. The van der Waals surface area contributed by atoms with Crippen LogP contribution in [0.25, 0.3) is 0 Å². The standard InChI is InChI=1S/C16H14N4OS2/c17-9-10-1-5-12(6-2-10)20-8-7-13(15(20)21)22-16-19-18-14(23-16)11-3-4-11/h1-2,5-6,11,13H,3-4,7-8H2. The molecular weight excluding hydrogens is 328 g/mol. The zero-order chi connectivity index (χ0) is 15.8. The maximum Gasteiger partial charge on any atom is 0.240 e. The SMILES string of the molecule is N#Cc1ccc(N2CCC(Sc3nnc(C4CC4)s3)C2=O)cc1. The first-order valence-corrected chi connectivity index (χ1v) is 9.26. The fraction of sp³-hybridized carbons (Fsp3) is 0.375. The Labute approximate surface area is 142 Å². The summed E-state index contributed by atoms with van der Waals surface area (Å²) in [6.45, 7) is 0.705. The van der Waals surface area contributed by atoms with Crippen LogP contribution in [0.15, 0.2) is 28.6 Å². The lowest BCUT2D eigenvalue weighted by Crippen LogP contribution is -2.27. The van der Waals surface area contributed by atoms with Crippen molar-refractivity contribution in [3.05, 3.63) is 34.8 Å². The van der Waals surface area contributed by atoms with Gasteiger partial charge in [0, 0.05) is 18.2 Å². The first kappa shape index (κ1) is 14.7. The summed E-state index contributed by atoms with van der Waals surface area (Å²) in [4.78, 5) is 14.4. The molecular formula is C16H14N4OS2. The van der Waals surface area contributed by atoms with E-state index in [4.69, 9.17) is 5.26 Å². The van der Waals surface area contributed by atoms with Gasteiger partial charge in [-0.05, 0) is 43.5 Å². The molecule has 23 heavy (non-hydrogen) atoms. The smallest absolute Gasteiger partial charge is 0.240 e. The zero-order valence-electron chi connectivity index (χ0n) is 12.3. The molecule has 1 aliphatic carbocycles. The van der Waals surface area contributed by atoms with Gasteiger partial charge in [-0.3, -0.25) is 4.79 Å². The molecule has 1 amide bonds. The second-order valence-electron chi connectivity index (χ2n) is 5.72. The van der Waals surface area contributed by atoms with Crippen molar-refractivity contribution in [3.8, 4) is 6.07 Å². The fourth-order valence-corrected chi connectivity index (χ4v) is 4.94. The van der Waals surface area contributed by atoms with Crippen molar-refractivity contribution in [2.75, 3.05) is 11.4 Å². The second kappa shape index (κ2) is 5.95. The lowest BCUT2D eigenvalue weighted by molar-refractivity contribution is -0.116. The molecule has 1 aromatic carbocycles. The fourth-order valence-electron chi connectivity index (χ4n) is 2.62. The van der Waals surface area contributed by atoms with Crippen molar-refractivity contribution in [1.29, 1.82) is 5.26 Å². The van der Waals surface area contributed by atoms with Crippen LogP contribution < -0.4 is 4.90 Å². The minimum absolute atomic E-state index is 0.0920. The van der Waals surface area contributed by atoms with E-state index in [-0.39, 0.29) is 11.2 Å². The molecule has 1 atom stereocenters. The highest BCUT2D eigenvalue weighted by Gasteiger charge is 2.35. The van der Waals surface area contributed by atoms with Crippen LogP contribution >= 0.6 is 23.1 Å². The summed E-state index contributed by atoms with van der Waals surface area (Å²) >= 11 is 3.16. The molecule has 0 spiro atoms. The minimum Gasteiger partial charge on any atom is -0.311 e. The van der Waals surface area contributed by atoms with Crippen LogP contribution in [0.4, 0.5) is 5.69 Å². The van der Waals surface area contributed by atoms with E-state index in [1.165, 1.54) is 24.6 Å². The topological polar surface area (TPSA) is 69.9 Å². The number of anilines is 1. The van der Waals surface area contributed by atoms with Gasteiger partial charge in [-0.15, -0.1) is 10.2 Å². The Morgan fingerprint density at radius 2 is 2.00 bits per heavy atom. The van der Waals surface area contributed by atoms with E-state index in [1.54, 1.807) is 28.4 Å². The highest BCUT2D eigenvalue weighted by atomic mass is 32.2. The number of amides is 1. The second-order valence-corrected chi connectivity index (χ2v) is 8.18. The van der Waals surface area contributed by atoms with E-state index in [2.05, 4.69) is 16.3 Å². The van der Waals surface area contributed by atoms with Gasteiger partial charge in [-0.2, -0.15) is 5.26 Å². The molecule has 1 aromatic heterocycles. The number of hydrogen-bond acceptors (Lipinski definition) is 6. The molecule has 1 saturated heterocycles. The zero-order valence-corrected chi connectivity index (χ0v) is 13.9. The van der Waals surface area contributed by atoms with Gasteiger partial charge in [0.1, 0.15) is 5.01 Å². The van der Waals surface area contributed by atoms with Crippen LogP contribution in [0, 0.1) is 11.3 Å². The third-order valence-electron chi connectivity index (χ3n) is 4.06. The van der Waals surface area contributed by atoms with Crippen molar-refractivity contribution < 1.29 is 4.79 Å². The highest BCUT2D eigenvalue weighted by Crippen LogP contribution is 2.43. The third kappa shape index (κ3) is 2.96. The molecule has 4 rings (SSSR count). The number of rotatable bonds is 4. The molecule has 2 aromatic rings. The minimum atomic E-state index is -0.0920. The van der Waals surface area contributed by atoms with Gasteiger partial charge in [0.05, 0.1) is 16.9 Å². The van der Waals surface area contributed by atoms with Gasteiger partial charge in [0.2, 0.25) is 5.91 Å². The number of carbonyl (C=O) groups excluding carboxylic acids is 1. The largest absolute Gasteiger partial charge is 0.311 e. The Balaban J connectivity index is 1.44. The van der Waals surface area contributed by atoms with Crippen molar-refractivity contribution in [1.82, 2.24) is 10.2 Å². The summed E-state index contributed by atoms with van der Waals surface area (Å²) in [5.41, 5.74) is 1.46. The summed E-state index contributed by atoms with van der Waals surface area (Å²) in [5, 5.41) is 18.3. The van der Waals surface area contributed by atoms with E-state index in [0.717, 1.165) is 21.5 Å². The van der Waals surface area contributed by atoms with Crippen molar-refractivity contribution in [2.45, 2.75) is 34.8 Å². The summed E-state index contributed by atoms with van der Waals surface area (Å²) in [6, 6.07) is 9.25. The average molecular weight is 342 g/mol. The first-order valence-electron chi connectivity index (χ1n) is 7.56. The number of hydrogen-bond donors (Lipinski definition) is 0. The van der Waals surface area contributed by atoms with Gasteiger partial charge in [0.25, 0.3) is 0 Å². The van der Waals surface area contributed by atoms with Gasteiger partial charge in [0.15, 0.2) is 4.34 Å². The van der Waals surface area contributed by atoms with E-state index in [1.807, 2.05) is 12.1 Å². The molecule has 2 aliphatic rings. The monoisotopic (exact) mass is 342 g/mol. The lowest BCUT2D eigenvalue weighted by Gasteiger charge is -2.16. The number of aromatic nitrogens is 2. The molecule has 1 aliphatic heterocycles. The van der Waals surface area contributed by atoms with Crippen LogP contribution in [0.5, 0.6) is 0 Å². The van der Waals surface area contributed by atoms with E-state index in [9.17, 15) is 4.79 Å². The Bertz CT molecular complexity index is 776. The van der Waals surface area contributed by atoms with Crippen LogP contribution in [0.3, 0.4) is 0 Å². The predicted octanol–water partition coefficient (Wildman–Crippen LogP) is 3.18. The average Bonchev–Trinajstić information content (AvgIpc) is 3.23. The quantitative estimate of drug-likeness (QED) is 0.853. The molecule has 5 nitrogen and oxygen atoms in total. The van der Waals surface area contributed by atoms with Gasteiger partial charge >= 0.3 is 0 Å². The Kier molecular flexibility index (Phi) is 3.79. The number of nitrogens with zero attached hydrogens (tertiary/aromatic N) is 4. The summed E-state index contributed by atoms with van der Waals surface area (Å²) in [5.74, 6) is 0.721. The molecule has 7 heteroatoms. The Morgan fingerprint density at radius 3 is 2.70 bits per heavy atom. The van der Waals surface area contributed by atoms with E-state index >= 15 is 0 Å². The molecule has 0 N–H and O–H groups in total. The number of thioether (sulfide) groups is 1. The molecule has 2 fully saturated rings. The highest BCUT2D eigenvalue weighted by molar-refractivity contribution is 8.02. The molecule has 116 valence electrons. The molecule has 0 bridgehead atoms. The summed E-state index contributed by atoms with van der Waals surface area (Å²) in [6.07, 6.45) is 3.24. The normalized spacial score (nSPS) is 20.7. The number of carbonyl (C=O) groups is 1. The van der Waals surface area contributed by atoms with E-state index < -0.39 is 0 Å². The lowest BCUT2D eigenvalue weighted by atomic mass is 10.2. The first-order chi connectivity index (χ1) is 11.2. The maximum atomic E-state index is 12.6. The van der Waals surface area contributed by atoms with Gasteiger partial charge in [-0.1, -0.05) is 23.1 Å². The maximum absolute atomic E-state index is 12.6. The van der Waals surface area contributed by atoms with E-state index in [0.29, 0.717) is 18.0 Å².